The lowest BCUT2D eigenvalue weighted by Gasteiger charge is -2.08. The van der Waals surface area contributed by atoms with E-state index < -0.39 is 18.7 Å². The molecule has 7 nitrogen and oxygen atoms in total. The van der Waals surface area contributed by atoms with Crippen LogP contribution in [0.15, 0.2) is 52.9 Å². The summed E-state index contributed by atoms with van der Waals surface area (Å²) in [6.45, 7) is -1.03. The van der Waals surface area contributed by atoms with Crippen molar-refractivity contribution in [1.29, 1.82) is 0 Å². The zero-order valence-electron chi connectivity index (χ0n) is 15.9. The number of nitrogens with one attached hydrogen (secondary N) is 2. The first-order valence-corrected chi connectivity index (χ1v) is 9.34. The van der Waals surface area contributed by atoms with Crippen LogP contribution in [0.2, 0.25) is 0 Å². The molecule has 0 aliphatic rings. The fraction of sp³-hybridized carbons (Fsp3) is 0.200. The minimum atomic E-state index is -4.44. The number of alkyl halides is 3. The Kier molecular flexibility index (Phi) is 6.98. The van der Waals surface area contributed by atoms with Gasteiger partial charge in [0.05, 0.1) is 6.54 Å². The molecule has 3 rings (SSSR count). The van der Waals surface area contributed by atoms with Gasteiger partial charge in [0.2, 0.25) is 0 Å². The Hall–Kier alpha value is -3.31. The van der Waals surface area contributed by atoms with E-state index in [-0.39, 0.29) is 29.6 Å². The third-order valence-corrected chi connectivity index (χ3v) is 4.32. The number of hydrogen-bond donors (Lipinski definition) is 3. The quantitative estimate of drug-likeness (QED) is 0.271. The van der Waals surface area contributed by atoms with E-state index >= 15 is 0 Å². The third-order valence-electron chi connectivity index (χ3n) is 3.99. The molecule has 11 heteroatoms. The van der Waals surface area contributed by atoms with E-state index in [4.69, 9.17) is 26.6 Å². The topological polar surface area (TPSA) is 93.0 Å². The summed E-state index contributed by atoms with van der Waals surface area (Å²) in [7, 11) is 0. The second kappa shape index (κ2) is 9.67. The Bertz CT molecular complexity index is 1070. The van der Waals surface area contributed by atoms with Gasteiger partial charge in [0.15, 0.2) is 12.4 Å². The molecule has 0 bridgehead atoms. The van der Waals surface area contributed by atoms with E-state index in [0.717, 1.165) is 0 Å². The van der Waals surface area contributed by atoms with Crippen LogP contribution in [0.4, 0.5) is 13.2 Å². The molecule has 1 heterocycles. The van der Waals surface area contributed by atoms with Crippen LogP contribution in [0.25, 0.3) is 11.0 Å². The van der Waals surface area contributed by atoms with Crippen LogP contribution in [-0.4, -0.2) is 42.0 Å². The van der Waals surface area contributed by atoms with E-state index in [9.17, 15) is 18.0 Å². The lowest BCUT2D eigenvalue weighted by Crippen LogP contribution is -2.27. The van der Waals surface area contributed by atoms with Crippen LogP contribution in [-0.2, 0) is 0 Å². The molecule has 0 saturated heterocycles. The number of halogens is 3. The molecule has 0 fully saturated rings. The van der Waals surface area contributed by atoms with Crippen LogP contribution >= 0.6 is 12.2 Å². The van der Waals surface area contributed by atoms with E-state index in [1.807, 2.05) is 5.48 Å². The van der Waals surface area contributed by atoms with Crippen molar-refractivity contribution in [3.8, 4) is 11.5 Å². The number of carbonyl (C=O) groups is 1. The minimum absolute atomic E-state index is 0.0114. The molecule has 3 aromatic rings. The number of thiocarbonyl (C=S) groups is 1. The van der Waals surface area contributed by atoms with Gasteiger partial charge in [-0.3, -0.25) is 15.5 Å². The largest absolute Gasteiger partial charge is 0.492 e. The normalized spacial score (nSPS) is 11.2. The van der Waals surface area contributed by atoms with Gasteiger partial charge in [-0.25, -0.2) is 0 Å². The van der Waals surface area contributed by atoms with E-state index in [1.165, 1.54) is 24.3 Å². The first-order chi connectivity index (χ1) is 14.7. The number of carbonyl (C=O) groups excluding carboxylic acids is 1. The SMILES string of the molecule is O=C(NCCOc1ccc(C(=S)NO)cc1)c1cc2cc(OCC(F)(F)F)ccc2o1. The highest BCUT2D eigenvalue weighted by atomic mass is 32.1. The Morgan fingerprint density at radius 2 is 1.77 bits per heavy atom. The predicted octanol–water partition coefficient (Wildman–Crippen LogP) is 3.84. The van der Waals surface area contributed by atoms with Gasteiger partial charge in [-0.1, -0.05) is 12.2 Å². The van der Waals surface area contributed by atoms with Crippen molar-refractivity contribution in [2.45, 2.75) is 6.18 Å². The third kappa shape index (κ3) is 6.33. The number of benzene rings is 2. The monoisotopic (exact) mass is 454 g/mol. The molecule has 3 N–H and O–H groups in total. The summed E-state index contributed by atoms with van der Waals surface area (Å²) in [4.78, 5) is 12.4. The highest BCUT2D eigenvalue weighted by Gasteiger charge is 2.28. The number of furan rings is 1. The summed E-state index contributed by atoms with van der Waals surface area (Å²) in [6, 6.07) is 12.2. The fourth-order valence-electron chi connectivity index (χ4n) is 2.58. The molecule has 1 amide bonds. The zero-order valence-corrected chi connectivity index (χ0v) is 16.7. The first kappa shape index (κ1) is 22.4. The average molecular weight is 454 g/mol. The van der Waals surface area contributed by atoms with Crippen molar-refractivity contribution in [3.63, 3.8) is 0 Å². The van der Waals surface area contributed by atoms with E-state index in [1.54, 1.807) is 24.3 Å². The van der Waals surface area contributed by atoms with Gasteiger partial charge >= 0.3 is 6.18 Å². The van der Waals surface area contributed by atoms with Gasteiger partial charge < -0.3 is 19.2 Å². The number of amides is 1. The molecule has 2 aromatic carbocycles. The maximum atomic E-state index is 12.3. The van der Waals surface area contributed by atoms with Crippen LogP contribution < -0.4 is 20.3 Å². The number of hydroxylamine groups is 1. The van der Waals surface area contributed by atoms with Crippen molar-refractivity contribution in [2.24, 2.45) is 0 Å². The molecule has 0 unspecified atom stereocenters. The standard InChI is InChI=1S/C20H17F3N2O5S/c21-20(22,23)11-29-15-5-6-16-13(9-15)10-17(30-16)18(26)24-7-8-28-14-3-1-12(2-4-14)19(31)25-27/h1-6,9-10,27H,7-8,11H2,(H,24,26)(H,25,31). The highest BCUT2D eigenvalue weighted by molar-refractivity contribution is 7.80. The van der Waals surface area contributed by atoms with E-state index in [0.29, 0.717) is 22.3 Å². The highest BCUT2D eigenvalue weighted by Crippen LogP contribution is 2.26. The van der Waals surface area contributed by atoms with Gasteiger partial charge in [0.25, 0.3) is 5.91 Å². The summed E-state index contributed by atoms with van der Waals surface area (Å²) in [5.41, 5.74) is 2.85. The lowest BCUT2D eigenvalue weighted by atomic mass is 10.2. The minimum Gasteiger partial charge on any atom is -0.492 e. The predicted molar refractivity (Wildman–Crippen MR) is 109 cm³/mol. The maximum Gasteiger partial charge on any atom is 0.422 e. The summed E-state index contributed by atoms with van der Waals surface area (Å²) in [6.07, 6.45) is -4.44. The van der Waals surface area contributed by atoms with Crippen molar-refractivity contribution < 1.29 is 37.1 Å². The molecule has 31 heavy (non-hydrogen) atoms. The summed E-state index contributed by atoms with van der Waals surface area (Å²) in [5.74, 6) is 0.0889. The summed E-state index contributed by atoms with van der Waals surface area (Å²) in [5, 5.41) is 11.8. The molecule has 0 aliphatic heterocycles. The second-order valence-corrected chi connectivity index (χ2v) is 6.69. The van der Waals surface area contributed by atoms with Gasteiger partial charge in [0.1, 0.15) is 28.7 Å². The molecule has 164 valence electrons. The Balaban J connectivity index is 1.50. The lowest BCUT2D eigenvalue weighted by molar-refractivity contribution is -0.153. The fourth-order valence-corrected chi connectivity index (χ4v) is 2.71. The van der Waals surface area contributed by atoms with Crippen LogP contribution in [0, 0.1) is 0 Å². The van der Waals surface area contributed by atoms with Gasteiger partial charge in [-0.05, 0) is 48.5 Å². The molecular formula is C20H17F3N2O5S. The number of hydrogen-bond acceptors (Lipinski definition) is 6. The van der Waals surface area contributed by atoms with Crippen molar-refractivity contribution in [2.75, 3.05) is 19.8 Å². The number of ether oxygens (including phenoxy) is 2. The van der Waals surface area contributed by atoms with Crippen molar-refractivity contribution >= 4 is 34.1 Å². The first-order valence-electron chi connectivity index (χ1n) is 8.94. The Labute approximate surface area is 179 Å². The molecule has 0 saturated carbocycles. The molecular weight excluding hydrogens is 437 g/mol. The van der Waals surface area contributed by atoms with Crippen LogP contribution in [0.1, 0.15) is 16.1 Å². The zero-order chi connectivity index (χ0) is 22.4. The molecule has 0 spiro atoms. The van der Waals surface area contributed by atoms with Gasteiger partial charge in [-0.2, -0.15) is 13.2 Å². The second-order valence-electron chi connectivity index (χ2n) is 6.28. The Morgan fingerprint density at radius 1 is 1.06 bits per heavy atom. The van der Waals surface area contributed by atoms with Crippen LogP contribution in [0.3, 0.4) is 0 Å². The van der Waals surface area contributed by atoms with Crippen molar-refractivity contribution in [1.82, 2.24) is 10.8 Å². The maximum absolute atomic E-state index is 12.3. The van der Waals surface area contributed by atoms with Crippen LogP contribution in [0.5, 0.6) is 11.5 Å². The smallest absolute Gasteiger partial charge is 0.422 e. The van der Waals surface area contributed by atoms with Gasteiger partial charge in [0, 0.05) is 10.9 Å². The van der Waals surface area contributed by atoms with Crippen molar-refractivity contribution in [3.05, 3.63) is 59.9 Å². The molecule has 0 atom stereocenters. The van der Waals surface area contributed by atoms with Gasteiger partial charge in [-0.15, -0.1) is 0 Å². The number of fused-ring (bicyclic) bond motifs is 1. The van der Waals surface area contributed by atoms with E-state index in [2.05, 4.69) is 10.1 Å². The number of rotatable bonds is 8. The summed E-state index contributed by atoms with van der Waals surface area (Å²) >= 11 is 4.89. The average Bonchev–Trinajstić information content (AvgIpc) is 3.18. The summed E-state index contributed by atoms with van der Waals surface area (Å²) < 4.78 is 52.4. The molecule has 0 radical (unpaired) electrons. The molecule has 1 aromatic heterocycles. The Morgan fingerprint density at radius 3 is 2.45 bits per heavy atom. The molecule has 0 aliphatic carbocycles.